The zero-order valence-corrected chi connectivity index (χ0v) is 24.8. The fourth-order valence-electron chi connectivity index (χ4n) is 4.71. The van der Waals surface area contributed by atoms with E-state index in [4.69, 9.17) is 5.21 Å². The van der Waals surface area contributed by atoms with Crippen LogP contribution < -0.4 is 21.7 Å². The van der Waals surface area contributed by atoms with Crippen LogP contribution in [0.5, 0.6) is 0 Å². The Kier molecular flexibility index (Phi) is 13.5. The van der Waals surface area contributed by atoms with E-state index in [9.17, 15) is 0 Å². The Hall–Kier alpha value is -1.94. The Morgan fingerprint density at radius 2 is 1.31 bits per heavy atom. The van der Waals surface area contributed by atoms with Gasteiger partial charge in [0.25, 0.3) is 0 Å². The van der Waals surface area contributed by atoms with Crippen LogP contribution >= 0.6 is 0 Å². The van der Waals surface area contributed by atoms with Crippen LogP contribution in [0.2, 0.25) is 0 Å². The van der Waals surface area contributed by atoms with E-state index < -0.39 is 0 Å². The number of rotatable bonds is 15. The molecule has 0 bridgehead atoms. The normalized spacial score (nSPS) is 11.4. The first-order chi connectivity index (χ1) is 17.0. The summed E-state index contributed by atoms with van der Waals surface area (Å²) in [5.74, 6) is 0. The highest BCUT2D eigenvalue weighted by molar-refractivity contribution is 5.27. The molecule has 1 heterocycles. The van der Waals surface area contributed by atoms with Crippen LogP contribution in [0.4, 0.5) is 0 Å². The van der Waals surface area contributed by atoms with Gasteiger partial charge in [0.2, 0.25) is 0 Å². The van der Waals surface area contributed by atoms with Gasteiger partial charge in [0.15, 0.2) is 11.9 Å². The summed E-state index contributed by atoms with van der Waals surface area (Å²) in [6, 6.07) is 19.7. The quantitative estimate of drug-likeness (QED) is 0.191. The Morgan fingerprint density at radius 3 is 1.89 bits per heavy atom. The number of halogens is 1. The molecule has 0 fully saturated rings. The van der Waals surface area contributed by atoms with Gasteiger partial charge in [-0.1, -0.05) is 140 Å². The third-order valence-corrected chi connectivity index (χ3v) is 6.98. The highest BCUT2D eigenvalue weighted by Crippen LogP contribution is 2.22. The van der Waals surface area contributed by atoms with Crippen molar-refractivity contribution < 1.29 is 21.7 Å². The van der Waals surface area contributed by atoms with Gasteiger partial charge in [0.05, 0.1) is 5.21 Å². The maximum atomic E-state index is 4.97. The summed E-state index contributed by atoms with van der Waals surface area (Å²) in [6.07, 6.45) is 17.1. The topological polar surface area (TPSA) is 21.7 Å². The molecule has 0 aliphatic rings. The van der Waals surface area contributed by atoms with Crippen LogP contribution in [0, 0.1) is 0 Å². The predicted molar refractivity (Wildman–Crippen MR) is 148 cm³/mol. The van der Waals surface area contributed by atoms with E-state index in [1.807, 2.05) is 0 Å². The minimum atomic E-state index is 0. The standard InChI is InChI=1S/C32H48N3.BrH/c1-5-6-7-8-9-10-11-12-13-17-20-31-27-34(25-28-18-15-14-16-19-28)33-35(31)26-29-21-23-30(24-22-29)32(2,3)4;/h14-16,18-19,21-24,27H,5-13,17,20,25-26H2,1-4H3;1H/q+1;/p-1. The molecule has 0 N–H and O–H groups in total. The summed E-state index contributed by atoms with van der Waals surface area (Å²) in [4.78, 5) is 0. The number of nitrogens with zero attached hydrogens (tertiary/aromatic N) is 3. The maximum Gasteiger partial charge on any atom is 0.168 e. The summed E-state index contributed by atoms with van der Waals surface area (Å²) in [5, 5.41) is 4.97. The molecule has 3 aromatic rings. The van der Waals surface area contributed by atoms with E-state index in [1.165, 1.54) is 86.6 Å². The average molecular weight is 555 g/mol. The summed E-state index contributed by atoms with van der Waals surface area (Å²) in [5.41, 5.74) is 5.52. The van der Waals surface area contributed by atoms with Crippen molar-refractivity contribution in [3.63, 3.8) is 0 Å². The molecule has 0 atom stereocenters. The van der Waals surface area contributed by atoms with E-state index >= 15 is 0 Å². The van der Waals surface area contributed by atoms with Gasteiger partial charge in [0, 0.05) is 6.42 Å². The monoisotopic (exact) mass is 553 g/mol. The van der Waals surface area contributed by atoms with Gasteiger partial charge < -0.3 is 17.0 Å². The smallest absolute Gasteiger partial charge is 0.168 e. The molecule has 0 unspecified atom stereocenters. The number of unbranched alkanes of at least 4 members (excludes halogenated alkanes) is 9. The summed E-state index contributed by atoms with van der Waals surface area (Å²) >= 11 is 0. The largest absolute Gasteiger partial charge is 1.00 e. The van der Waals surface area contributed by atoms with Gasteiger partial charge in [-0.05, 0) is 28.5 Å². The van der Waals surface area contributed by atoms with E-state index in [0.717, 1.165) is 19.5 Å². The van der Waals surface area contributed by atoms with E-state index in [-0.39, 0.29) is 22.4 Å². The highest BCUT2D eigenvalue weighted by Gasteiger charge is 2.18. The SMILES string of the molecule is CCCCCCCCCCCCc1c[n+](Cc2ccccc2)nn1Cc1ccc(C(C)(C)C)cc1.[Br-]. The first-order valence-corrected chi connectivity index (χ1v) is 14.1. The number of hydrogen-bond acceptors (Lipinski definition) is 1. The predicted octanol–water partition coefficient (Wildman–Crippen LogP) is 5.03. The van der Waals surface area contributed by atoms with Crippen molar-refractivity contribution in [1.82, 2.24) is 9.90 Å². The van der Waals surface area contributed by atoms with Crippen LogP contribution in [0.1, 0.15) is 114 Å². The van der Waals surface area contributed by atoms with E-state index in [0.29, 0.717) is 0 Å². The fraction of sp³-hybridized carbons (Fsp3) is 0.562. The van der Waals surface area contributed by atoms with Crippen molar-refractivity contribution in [2.24, 2.45) is 0 Å². The van der Waals surface area contributed by atoms with Crippen LogP contribution in [0.15, 0.2) is 60.8 Å². The van der Waals surface area contributed by atoms with Crippen LogP contribution in [-0.4, -0.2) is 9.90 Å². The molecular formula is C32H48BrN3. The van der Waals surface area contributed by atoms with Gasteiger partial charge >= 0.3 is 0 Å². The Balaban J connectivity index is 0.00000456. The second-order valence-corrected chi connectivity index (χ2v) is 11.2. The van der Waals surface area contributed by atoms with Gasteiger partial charge in [-0.15, -0.1) is 9.36 Å². The minimum Gasteiger partial charge on any atom is -1.00 e. The molecule has 0 amide bonds. The molecule has 0 spiro atoms. The average Bonchev–Trinajstić information content (AvgIpc) is 3.21. The molecule has 0 radical (unpaired) electrons. The summed E-state index contributed by atoms with van der Waals surface area (Å²) in [6.45, 7) is 10.8. The van der Waals surface area contributed by atoms with Crippen LogP contribution in [0.25, 0.3) is 0 Å². The zero-order valence-electron chi connectivity index (χ0n) is 23.2. The van der Waals surface area contributed by atoms with Crippen molar-refractivity contribution in [1.29, 1.82) is 0 Å². The van der Waals surface area contributed by atoms with Crippen molar-refractivity contribution in [2.45, 2.75) is 117 Å². The second-order valence-electron chi connectivity index (χ2n) is 11.2. The lowest BCUT2D eigenvalue weighted by Gasteiger charge is -2.18. The van der Waals surface area contributed by atoms with Crippen molar-refractivity contribution in [3.8, 4) is 0 Å². The molecule has 3 nitrogen and oxygen atoms in total. The van der Waals surface area contributed by atoms with Crippen molar-refractivity contribution >= 4 is 0 Å². The zero-order chi connectivity index (χ0) is 24.9. The molecule has 3 rings (SSSR count). The minimum absolute atomic E-state index is 0. The van der Waals surface area contributed by atoms with Gasteiger partial charge in [-0.25, -0.2) is 0 Å². The third-order valence-electron chi connectivity index (χ3n) is 6.98. The van der Waals surface area contributed by atoms with Gasteiger partial charge in [0.1, 0.15) is 13.1 Å². The van der Waals surface area contributed by atoms with E-state index in [2.05, 4.69) is 97.9 Å². The molecule has 0 aliphatic heterocycles. The molecule has 36 heavy (non-hydrogen) atoms. The van der Waals surface area contributed by atoms with Crippen LogP contribution in [-0.2, 0) is 24.9 Å². The lowest BCUT2D eigenvalue weighted by atomic mass is 9.87. The van der Waals surface area contributed by atoms with Crippen molar-refractivity contribution in [3.05, 3.63) is 83.2 Å². The highest BCUT2D eigenvalue weighted by atomic mass is 79.9. The summed E-state index contributed by atoms with van der Waals surface area (Å²) in [7, 11) is 0. The van der Waals surface area contributed by atoms with Crippen LogP contribution in [0.3, 0.4) is 0 Å². The lowest BCUT2D eigenvalue weighted by molar-refractivity contribution is -0.747. The number of aryl methyl sites for hydroxylation is 1. The lowest BCUT2D eigenvalue weighted by Crippen LogP contribution is -3.00. The molecule has 0 aliphatic carbocycles. The molecule has 4 heteroatoms. The molecule has 0 saturated heterocycles. The summed E-state index contributed by atoms with van der Waals surface area (Å²) < 4.78 is 4.34. The molecule has 0 saturated carbocycles. The first kappa shape index (κ1) is 30.3. The van der Waals surface area contributed by atoms with Gasteiger partial charge in [-0.3, -0.25) is 0 Å². The Bertz CT molecular complexity index is 971. The molecule has 198 valence electrons. The number of hydrogen-bond donors (Lipinski definition) is 0. The van der Waals surface area contributed by atoms with Gasteiger partial charge in [-0.2, -0.15) is 0 Å². The first-order valence-electron chi connectivity index (χ1n) is 14.1. The van der Waals surface area contributed by atoms with E-state index in [1.54, 1.807) is 0 Å². The third kappa shape index (κ3) is 10.6. The van der Waals surface area contributed by atoms with Crippen molar-refractivity contribution in [2.75, 3.05) is 0 Å². The Labute approximate surface area is 231 Å². The molecule has 2 aromatic carbocycles. The molecule has 1 aromatic heterocycles. The maximum absolute atomic E-state index is 4.97. The molecular weight excluding hydrogens is 506 g/mol. The number of benzene rings is 2. The fourth-order valence-corrected chi connectivity index (χ4v) is 4.71. The second kappa shape index (κ2) is 16.0. The Morgan fingerprint density at radius 1 is 0.722 bits per heavy atom. The number of aromatic nitrogens is 3.